The standard InChI is InChI=1S/C11H13Br2NO2S/c1-8-6-10(13)11(7-9(8)12)17(15,16)14-4-2-3-5-14/h6-7H,2-5H2,1H3. The minimum atomic E-state index is -3.35. The second-order valence-corrected chi connectivity index (χ2v) is 7.76. The molecule has 17 heavy (non-hydrogen) atoms. The van der Waals surface area contributed by atoms with Crippen molar-refractivity contribution < 1.29 is 8.42 Å². The van der Waals surface area contributed by atoms with Gasteiger partial charge in [-0.25, -0.2) is 8.42 Å². The van der Waals surface area contributed by atoms with E-state index in [1.165, 1.54) is 0 Å². The smallest absolute Gasteiger partial charge is 0.207 e. The molecule has 0 radical (unpaired) electrons. The molecule has 1 aliphatic rings. The van der Waals surface area contributed by atoms with Crippen LogP contribution in [0.5, 0.6) is 0 Å². The van der Waals surface area contributed by atoms with E-state index in [0.29, 0.717) is 22.5 Å². The highest BCUT2D eigenvalue weighted by atomic mass is 79.9. The number of benzene rings is 1. The number of hydrogen-bond acceptors (Lipinski definition) is 2. The Morgan fingerprint density at radius 2 is 1.71 bits per heavy atom. The van der Waals surface area contributed by atoms with Crippen LogP contribution in [0.3, 0.4) is 0 Å². The van der Waals surface area contributed by atoms with Crippen LogP contribution in [0.2, 0.25) is 0 Å². The lowest BCUT2D eigenvalue weighted by Gasteiger charge is -2.17. The van der Waals surface area contributed by atoms with Crippen molar-refractivity contribution in [3.8, 4) is 0 Å². The van der Waals surface area contributed by atoms with Crippen molar-refractivity contribution >= 4 is 41.9 Å². The van der Waals surface area contributed by atoms with E-state index < -0.39 is 10.0 Å². The predicted molar refractivity (Wildman–Crippen MR) is 74.6 cm³/mol. The second-order valence-electron chi connectivity index (χ2n) is 4.14. The van der Waals surface area contributed by atoms with E-state index in [2.05, 4.69) is 31.9 Å². The second kappa shape index (κ2) is 4.99. The first-order valence-corrected chi connectivity index (χ1v) is 8.41. The topological polar surface area (TPSA) is 37.4 Å². The third kappa shape index (κ3) is 2.59. The van der Waals surface area contributed by atoms with Gasteiger partial charge in [0.05, 0.1) is 4.90 Å². The van der Waals surface area contributed by atoms with Gasteiger partial charge in [0, 0.05) is 22.0 Å². The van der Waals surface area contributed by atoms with Gasteiger partial charge in [-0.3, -0.25) is 0 Å². The summed E-state index contributed by atoms with van der Waals surface area (Å²) in [5, 5.41) is 0. The van der Waals surface area contributed by atoms with Crippen LogP contribution in [0.25, 0.3) is 0 Å². The molecule has 0 N–H and O–H groups in total. The molecular weight excluding hydrogens is 370 g/mol. The highest BCUT2D eigenvalue weighted by Gasteiger charge is 2.29. The summed E-state index contributed by atoms with van der Waals surface area (Å²) in [6.45, 7) is 3.18. The van der Waals surface area contributed by atoms with Crippen LogP contribution in [0.4, 0.5) is 0 Å². The Labute approximate surface area is 119 Å². The van der Waals surface area contributed by atoms with Crippen LogP contribution in [0.1, 0.15) is 18.4 Å². The molecule has 1 saturated heterocycles. The van der Waals surface area contributed by atoms with Crippen molar-refractivity contribution in [1.29, 1.82) is 0 Å². The molecule has 1 aromatic rings. The lowest BCUT2D eigenvalue weighted by molar-refractivity contribution is 0.477. The molecule has 2 rings (SSSR count). The number of hydrogen-bond donors (Lipinski definition) is 0. The molecular formula is C11H13Br2NO2S. The fraction of sp³-hybridized carbons (Fsp3) is 0.455. The molecule has 0 aliphatic carbocycles. The lowest BCUT2D eigenvalue weighted by atomic mass is 10.2. The van der Waals surface area contributed by atoms with Crippen LogP contribution >= 0.6 is 31.9 Å². The normalized spacial score (nSPS) is 17.6. The van der Waals surface area contributed by atoms with Gasteiger partial charge in [-0.05, 0) is 53.4 Å². The number of nitrogens with zero attached hydrogens (tertiary/aromatic N) is 1. The fourth-order valence-corrected chi connectivity index (χ4v) is 5.05. The van der Waals surface area contributed by atoms with E-state index in [1.807, 2.05) is 13.0 Å². The Morgan fingerprint density at radius 3 is 2.29 bits per heavy atom. The lowest BCUT2D eigenvalue weighted by Crippen LogP contribution is -2.28. The van der Waals surface area contributed by atoms with E-state index in [9.17, 15) is 8.42 Å². The third-order valence-corrected chi connectivity index (χ3v) is 6.61. The predicted octanol–water partition coefficient (Wildman–Crippen LogP) is 3.30. The molecule has 0 spiro atoms. The zero-order valence-corrected chi connectivity index (χ0v) is 13.4. The zero-order valence-electron chi connectivity index (χ0n) is 9.41. The molecule has 94 valence electrons. The summed E-state index contributed by atoms with van der Waals surface area (Å²) in [5.41, 5.74) is 1.01. The molecule has 0 atom stereocenters. The van der Waals surface area contributed by atoms with Gasteiger partial charge in [-0.2, -0.15) is 4.31 Å². The van der Waals surface area contributed by atoms with E-state index in [1.54, 1.807) is 10.4 Å². The van der Waals surface area contributed by atoms with E-state index in [4.69, 9.17) is 0 Å². The third-order valence-electron chi connectivity index (χ3n) is 2.90. The molecule has 1 fully saturated rings. The first-order valence-electron chi connectivity index (χ1n) is 5.39. The van der Waals surface area contributed by atoms with Crippen molar-refractivity contribution in [3.05, 3.63) is 26.6 Å². The summed E-state index contributed by atoms with van der Waals surface area (Å²) in [6, 6.07) is 3.50. The molecule has 1 aliphatic heterocycles. The molecule has 3 nitrogen and oxygen atoms in total. The Morgan fingerprint density at radius 1 is 1.12 bits per heavy atom. The first-order chi connectivity index (χ1) is 7.93. The van der Waals surface area contributed by atoms with Gasteiger partial charge in [0.1, 0.15) is 0 Å². The summed E-state index contributed by atoms with van der Waals surface area (Å²) in [5.74, 6) is 0. The monoisotopic (exact) mass is 381 g/mol. The molecule has 6 heteroatoms. The van der Waals surface area contributed by atoms with Crippen molar-refractivity contribution in [1.82, 2.24) is 4.31 Å². The summed E-state index contributed by atoms with van der Waals surface area (Å²) in [4.78, 5) is 0.344. The average molecular weight is 383 g/mol. The van der Waals surface area contributed by atoms with Crippen LogP contribution in [-0.2, 0) is 10.0 Å². The largest absolute Gasteiger partial charge is 0.244 e. The number of halogens is 2. The van der Waals surface area contributed by atoms with Crippen LogP contribution in [-0.4, -0.2) is 25.8 Å². The maximum atomic E-state index is 12.4. The Bertz CT molecular complexity index is 537. The molecule has 0 aromatic heterocycles. The van der Waals surface area contributed by atoms with Crippen molar-refractivity contribution in [2.24, 2.45) is 0 Å². The fourth-order valence-electron chi connectivity index (χ4n) is 1.89. The maximum absolute atomic E-state index is 12.4. The zero-order chi connectivity index (χ0) is 12.6. The SMILES string of the molecule is Cc1cc(Br)c(S(=O)(=O)N2CCCC2)cc1Br. The first kappa shape index (κ1) is 13.5. The van der Waals surface area contributed by atoms with Crippen LogP contribution < -0.4 is 0 Å². The maximum Gasteiger partial charge on any atom is 0.244 e. The molecule has 1 aromatic carbocycles. The number of sulfonamides is 1. The number of rotatable bonds is 2. The van der Waals surface area contributed by atoms with Gasteiger partial charge < -0.3 is 0 Å². The van der Waals surface area contributed by atoms with E-state index in [0.717, 1.165) is 22.9 Å². The summed E-state index contributed by atoms with van der Waals surface area (Å²) < 4.78 is 27.8. The van der Waals surface area contributed by atoms with Crippen molar-refractivity contribution in [3.63, 3.8) is 0 Å². The molecule has 0 saturated carbocycles. The Balaban J connectivity index is 2.49. The highest BCUT2D eigenvalue weighted by Crippen LogP contribution is 2.31. The van der Waals surface area contributed by atoms with Crippen LogP contribution in [0, 0.1) is 6.92 Å². The van der Waals surface area contributed by atoms with Gasteiger partial charge in [0.15, 0.2) is 0 Å². The van der Waals surface area contributed by atoms with Gasteiger partial charge in [0.25, 0.3) is 0 Å². The van der Waals surface area contributed by atoms with Crippen molar-refractivity contribution in [2.75, 3.05) is 13.1 Å². The summed E-state index contributed by atoms with van der Waals surface area (Å²) >= 11 is 6.71. The average Bonchev–Trinajstić information content (AvgIpc) is 2.77. The highest BCUT2D eigenvalue weighted by molar-refractivity contribution is 9.11. The minimum Gasteiger partial charge on any atom is -0.207 e. The van der Waals surface area contributed by atoms with E-state index in [-0.39, 0.29) is 0 Å². The summed E-state index contributed by atoms with van der Waals surface area (Å²) in [6.07, 6.45) is 1.90. The van der Waals surface area contributed by atoms with Gasteiger partial charge in [0.2, 0.25) is 10.0 Å². The van der Waals surface area contributed by atoms with Gasteiger partial charge in [-0.1, -0.05) is 15.9 Å². The Kier molecular flexibility index (Phi) is 3.97. The number of aryl methyl sites for hydroxylation is 1. The summed E-state index contributed by atoms with van der Waals surface area (Å²) in [7, 11) is -3.35. The van der Waals surface area contributed by atoms with Crippen molar-refractivity contribution in [2.45, 2.75) is 24.7 Å². The molecule has 0 amide bonds. The van der Waals surface area contributed by atoms with Gasteiger partial charge >= 0.3 is 0 Å². The molecule has 1 heterocycles. The quantitative estimate of drug-likeness (QED) is 0.786. The van der Waals surface area contributed by atoms with Crippen LogP contribution in [0.15, 0.2) is 26.0 Å². The molecule has 0 unspecified atom stereocenters. The molecule has 0 bridgehead atoms. The Hall–Kier alpha value is 0.0900. The van der Waals surface area contributed by atoms with Gasteiger partial charge in [-0.15, -0.1) is 0 Å². The minimum absolute atomic E-state index is 0.344. The van der Waals surface area contributed by atoms with E-state index >= 15 is 0 Å².